The van der Waals surface area contributed by atoms with E-state index in [4.69, 9.17) is 16.3 Å². The average molecular weight is 337 g/mol. The summed E-state index contributed by atoms with van der Waals surface area (Å²) in [6, 6.07) is 11.1. The normalized spacial score (nSPS) is 11.8. The number of thioether (sulfide) groups is 1. The first kappa shape index (κ1) is 16.6. The summed E-state index contributed by atoms with van der Waals surface area (Å²) in [6.07, 6.45) is 1.66. The molecule has 1 heterocycles. The molecule has 2 rings (SSSR count). The number of carbonyl (C=O) groups excluding carboxylic acids is 1. The Labute approximate surface area is 139 Å². The molecule has 0 fully saturated rings. The van der Waals surface area contributed by atoms with E-state index in [2.05, 4.69) is 10.3 Å². The molecule has 0 aliphatic rings. The molecule has 0 spiro atoms. The third-order valence-electron chi connectivity index (χ3n) is 3.03. The molecule has 0 aliphatic carbocycles. The molecule has 1 amide bonds. The van der Waals surface area contributed by atoms with Gasteiger partial charge in [0.25, 0.3) is 0 Å². The van der Waals surface area contributed by atoms with E-state index in [0.717, 1.165) is 11.3 Å². The molecular formula is C16H17ClN2O2S. The van der Waals surface area contributed by atoms with Crippen LogP contribution in [0.2, 0.25) is 5.02 Å². The summed E-state index contributed by atoms with van der Waals surface area (Å²) in [7, 11) is 1.61. The second kappa shape index (κ2) is 8.06. The van der Waals surface area contributed by atoms with Gasteiger partial charge in [0.05, 0.1) is 17.4 Å². The number of benzene rings is 1. The van der Waals surface area contributed by atoms with Crippen LogP contribution < -0.4 is 10.1 Å². The quantitative estimate of drug-likeness (QED) is 0.820. The number of hydrogen-bond acceptors (Lipinski definition) is 4. The topological polar surface area (TPSA) is 51.2 Å². The first-order chi connectivity index (χ1) is 10.6. The van der Waals surface area contributed by atoms with Gasteiger partial charge in [-0.05, 0) is 25.1 Å². The van der Waals surface area contributed by atoms with Gasteiger partial charge in [0, 0.05) is 18.3 Å². The number of para-hydroxylation sites is 1. The second-order valence-electron chi connectivity index (χ2n) is 4.58. The van der Waals surface area contributed by atoms with Crippen LogP contribution in [0.1, 0.15) is 12.5 Å². The van der Waals surface area contributed by atoms with Crippen LogP contribution in [0.15, 0.2) is 47.6 Å². The zero-order chi connectivity index (χ0) is 15.9. The molecule has 0 saturated carbocycles. The number of halogens is 1. The standard InChI is InChI=1S/C16H17ClN2O2S/c1-11(22-16-13(17)7-5-9-18-16)15(20)19-10-12-6-3-4-8-14(12)21-2/h3-9,11H,10H2,1-2H3,(H,19,20)/t11-/m0/s1. The molecule has 116 valence electrons. The molecule has 0 saturated heterocycles. The van der Waals surface area contributed by atoms with Gasteiger partial charge in [0.1, 0.15) is 10.8 Å². The molecule has 0 bridgehead atoms. The van der Waals surface area contributed by atoms with Crippen molar-refractivity contribution in [3.8, 4) is 5.75 Å². The first-order valence-corrected chi connectivity index (χ1v) is 8.04. The van der Waals surface area contributed by atoms with Crippen molar-refractivity contribution in [2.45, 2.75) is 23.7 Å². The highest BCUT2D eigenvalue weighted by Gasteiger charge is 2.16. The molecule has 1 aromatic heterocycles. The van der Waals surface area contributed by atoms with Crippen LogP contribution in [0, 0.1) is 0 Å². The molecule has 2 aromatic rings. The SMILES string of the molecule is COc1ccccc1CNC(=O)[C@H](C)Sc1ncccc1Cl. The molecule has 0 radical (unpaired) electrons. The van der Waals surface area contributed by atoms with Gasteiger partial charge < -0.3 is 10.1 Å². The maximum Gasteiger partial charge on any atom is 0.233 e. The number of nitrogens with zero attached hydrogens (tertiary/aromatic N) is 1. The minimum absolute atomic E-state index is 0.0716. The van der Waals surface area contributed by atoms with Gasteiger partial charge in [-0.1, -0.05) is 41.6 Å². The van der Waals surface area contributed by atoms with Gasteiger partial charge in [0.15, 0.2) is 0 Å². The van der Waals surface area contributed by atoms with Crippen molar-refractivity contribution >= 4 is 29.3 Å². The molecule has 6 heteroatoms. The Morgan fingerprint density at radius 3 is 2.86 bits per heavy atom. The van der Waals surface area contributed by atoms with Gasteiger partial charge >= 0.3 is 0 Å². The lowest BCUT2D eigenvalue weighted by Crippen LogP contribution is -2.30. The van der Waals surface area contributed by atoms with Crippen LogP contribution in [-0.4, -0.2) is 23.3 Å². The fourth-order valence-electron chi connectivity index (χ4n) is 1.85. The lowest BCUT2D eigenvalue weighted by atomic mass is 10.2. The third-order valence-corrected chi connectivity index (χ3v) is 4.56. The number of methoxy groups -OCH3 is 1. The van der Waals surface area contributed by atoms with Crippen LogP contribution in [0.3, 0.4) is 0 Å². The number of rotatable bonds is 6. The van der Waals surface area contributed by atoms with E-state index in [1.807, 2.05) is 31.2 Å². The second-order valence-corrected chi connectivity index (χ2v) is 6.32. The third kappa shape index (κ3) is 4.39. The fraction of sp³-hybridized carbons (Fsp3) is 0.250. The summed E-state index contributed by atoms with van der Waals surface area (Å²) in [5.74, 6) is 0.688. The minimum Gasteiger partial charge on any atom is -0.496 e. The van der Waals surface area contributed by atoms with E-state index in [-0.39, 0.29) is 11.2 Å². The molecule has 1 aromatic carbocycles. The Bertz CT molecular complexity index is 652. The van der Waals surface area contributed by atoms with Crippen LogP contribution in [0.5, 0.6) is 5.75 Å². The monoisotopic (exact) mass is 336 g/mol. The molecule has 1 N–H and O–H groups in total. The average Bonchev–Trinajstić information content (AvgIpc) is 2.54. The van der Waals surface area contributed by atoms with Gasteiger partial charge in [-0.25, -0.2) is 4.98 Å². The van der Waals surface area contributed by atoms with Crippen molar-refractivity contribution in [3.05, 3.63) is 53.2 Å². The van der Waals surface area contributed by atoms with Crippen molar-refractivity contribution < 1.29 is 9.53 Å². The van der Waals surface area contributed by atoms with Crippen molar-refractivity contribution in [1.29, 1.82) is 0 Å². The molecule has 1 atom stereocenters. The number of ether oxygens (including phenoxy) is 1. The Balaban J connectivity index is 1.93. The summed E-state index contributed by atoms with van der Waals surface area (Å²) in [5.41, 5.74) is 0.936. The van der Waals surface area contributed by atoms with Crippen molar-refractivity contribution in [2.75, 3.05) is 7.11 Å². The zero-order valence-corrected chi connectivity index (χ0v) is 13.9. The van der Waals surface area contributed by atoms with Crippen LogP contribution >= 0.6 is 23.4 Å². The Morgan fingerprint density at radius 2 is 2.14 bits per heavy atom. The number of carbonyl (C=O) groups is 1. The van der Waals surface area contributed by atoms with Crippen LogP contribution in [0.25, 0.3) is 0 Å². The zero-order valence-electron chi connectivity index (χ0n) is 12.4. The molecule has 4 nitrogen and oxygen atoms in total. The minimum atomic E-state index is -0.290. The number of amides is 1. The Morgan fingerprint density at radius 1 is 1.36 bits per heavy atom. The van der Waals surface area contributed by atoms with E-state index in [1.165, 1.54) is 11.8 Å². The van der Waals surface area contributed by atoms with E-state index in [1.54, 1.807) is 25.4 Å². The highest BCUT2D eigenvalue weighted by Crippen LogP contribution is 2.28. The highest BCUT2D eigenvalue weighted by molar-refractivity contribution is 8.00. The predicted octanol–water partition coefficient (Wildman–Crippen LogP) is 3.54. The number of pyridine rings is 1. The molecule has 0 unspecified atom stereocenters. The van der Waals surface area contributed by atoms with Crippen LogP contribution in [-0.2, 0) is 11.3 Å². The smallest absolute Gasteiger partial charge is 0.233 e. The molecular weight excluding hydrogens is 320 g/mol. The van der Waals surface area contributed by atoms with E-state index in [0.29, 0.717) is 16.6 Å². The number of nitrogens with one attached hydrogen (secondary N) is 1. The number of aromatic nitrogens is 1. The highest BCUT2D eigenvalue weighted by atomic mass is 35.5. The maximum absolute atomic E-state index is 12.2. The summed E-state index contributed by atoms with van der Waals surface area (Å²) < 4.78 is 5.27. The Hall–Kier alpha value is -1.72. The van der Waals surface area contributed by atoms with Gasteiger partial charge in [-0.3, -0.25) is 4.79 Å². The first-order valence-electron chi connectivity index (χ1n) is 6.78. The summed E-state index contributed by atoms with van der Waals surface area (Å²) in [4.78, 5) is 16.4. The fourth-order valence-corrected chi connectivity index (χ4v) is 2.94. The van der Waals surface area contributed by atoms with E-state index >= 15 is 0 Å². The van der Waals surface area contributed by atoms with Gasteiger partial charge in [0.2, 0.25) is 5.91 Å². The lowest BCUT2D eigenvalue weighted by molar-refractivity contribution is -0.120. The van der Waals surface area contributed by atoms with Crippen molar-refractivity contribution in [2.24, 2.45) is 0 Å². The van der Waals surface area contributed by atoms with E-state index in [9.17, 15) is 4.79 Å². The van der Waals surface area contributed by atoms with E-state index < -0.39 is 0 Å². The van der Waals surface area contributed by atoms with Gasteiger partial charge in [-0.15, -0.1) is 0 Å². The Kier molecular flexibility index (Phi) is 6.10. The lowest BCUT2D eigenvalue weighted by Gasteiger charge is -2.13. The summed E-state index contributed by atoms with van der Waals surface area (Å²) in [5, 5.41) is 3.82. The predicted molar refractivity (Wildman–Crippen MR) is 89.4 cm³/mol. The largest absolute Gasteiger partial charge is 0.496 e. The molecule has 22 heavy (non-hydrogen) atoms. The van der Waals surface area contributed by atoms with Gasteiger partial charge in [-0.2, -0.15) is 0 Å². The van der Waals surface area contributed by atoms with Crippen molar-refractivity contribution in [1.82, 2.24) is 10.3 Å². The summed E-state index contributed by atoms with van der Waals surface area (Å²) in [6.45, 7) is 2.25. The molecule has 0 aliphatic heterocycles. The number of hydrogen-bond donors (Lipinski definition) is 1. The summed E-state index contributed by atoms with van der Waals surface area (Å²) >= 11 is 7.39. The van der Waals surface area contributed by atoms with Crippen LogP contribution in [0.4, 0.5) is 0 Å². The van der Waals surface area contributed by atoms with Crippen molar-refractivity contribution in [3.63, 3.8) is 0 Å². The maximum atomic E-state index is 12.2.